The number of fused-ring (bicyclic) bond motifs is 10. The van der Waals surface area contributed by atoms with E-state index in [9.17, 15) is 0 Å². The predicted molar refractivity (Wildman–Crippen MR) is 219 cm³/mol. The van der Waals surface area contributed by atoms with Crippen LogP contribution in [0.1, 0.15) is 25.0 Å². The van der Waals surface area contributed by atoms with Gasteiger partial charge in [-0.2, -0.15) is 0 Å². The lowest BCUT2D eigenvalue weighted by Gasteiger charge is -2.22. The summed E-state index contributed by atoms with van der Waals surface area (Å²) in [5.74, 6) is 2.00. The molecule has 3 aromatic heterocycles. The van der Waals surface area contributed by atoms with Crippen molar-refractivity contribution >= 4 is 53.4 Å². The molecule has 0 fully saturated rings. The Morgan fingerprint density at radius 1 is 0.472 bits per heavy atom. The van der Waals surface area contributed by atoms with Crippen LogP contribution in [-0.4, -0.2) is 15.0 Å². The van der Waals surface area contributed by atoms with Crippen LogP contribution in [0.2, 0.25) is 0 Å². The average Bonchev–Trinajstić information content (AvgIpc) is 3.85. The fraction of sp³-hybridized carbons (Fsp3) is 0.0625. The molecule has 4 nitrogen and oxygen atoms in total. The Morgan fingerprint density at radius 2 is 1.02 bits per heavy atom. The molecule has 53 heavy (non-hydrogen) atoms. The molecular formula is C48H31N3OS. The van der Waals surface area contributed by atoms with Crippen LogP contribution in [-0.2, 0) is 5.41 Å². The number of hydrogen-bond acceptors (Lipinski definition) is 5. The molecule has 0 saturated heterocycles. The molecule has 0 bridgehead atoms. The largest absolute Gasteiger partial charge is 0.455 e. The topological polar surface area (TPSA) is 51.8 Å². The molecule has 3 heterocycles. The molecule has 0 unspecified atom stereocenters. The van der Waals surface area contributed by atoms with Crippen molar-refractivity contribution in [2.45, 2.75) is 19.3 Å². The van der Waals surface area contributed by atoms with E-state index >= 15 is 0 Å². The van der Waals surface area contributed by atoms with Crippen molar-refractivity contribution in [1.29, 1.82) is 0 Å². The number of para-hydroxylation sites is 1. The minimum atomic E-state index is -0.250. The fourth-order valence-electron chi connectivity index (χ4n) is 8.26. The molecule has 0 saturated carbocycles. The molecule has 0 atom stereocenters. The maximum Gasteiger partial charge on any atom is 0.164 e. The van der Waals surface area contributed by atoms with E-state index in [2.05, 4.69) is 98.8 Å². The highest BCUT2D eigenvalue weighted by molar-refractivity contribution is 7.26. The summed E-state index contributed by atoms with van der Waals surface area (Å²) in [4.78, 5) is 15.0. The quantitative estimate of drug-likeness (QED) is 0.184. The van der Waals surface area contributed by atoms with Gasteiger partial charge in [0, 0.05) is 58.6 Å². The van der Waals surface area contributed by atoms with Gasteiger partial charge < -0.3 is 4.42 Å². The Bertz CT molecular complexity index is 3030. The summed E-state index contributed by atoms with van der Waals surface area (Å²) >= 11 is 1.85. The van der Waals surface area contributed by atoms with Gasteiger partial charge in [0.05, 0.1) is 0 Å². The molecule has 10 aromatic rings. The van der Waals surface area contributed by atoms with Crippen LogP contribution in [0.3, 0.4) is 0 Å². The summed E-state index contributed by atoms with van der Waals surface area (Å²) in [5, 5.41) is 4.74. The van der Waals surface area contributed by atoms with Gasteiger partial charge in [0.1, 0.15) is 11.2 Å². The first-order valence-electron chi connectivity index (χ1n) is 17.9. The molecule has 0 radical (unpaired) electrons. The molecular weight excluding hydrogens is 667 g/mol. The monoisotopic (exact) mass is 697 g/mol. The van der Waals surface area contributed by atoms with Crippen molar-refractivity contribution in [3.63, 3.8) is 0 Å². The number of hydrogen-bond donors (Lipinski definition) is 0. The molecule has 0 amide bonds. The van der Waals surface area contributed by atoms with E-state index in [0.29, 0.717) is 17.5 Å². The minimum absolute atomic E-state index is 0.250. The third-order valence-electron chi connectivity index (χ3n) is 10.9. The van der Waals surface area contributed by atoms with E-state index in [4.69, 9.17) is 19.4 Å². The second-order valence-corrected chi connectivity index (χ2v) is 15.4. The molecule has 0 spiro atoms. The van der Waals surface area contributed by atoms with E-state index < -0.39 is 0 Å². The fourth-order valence-corrected chi connectivity index (χ4v) is 9.50. The average molecular weight is 698 g/mol. The van der Waals surface area contributed by atoms with Gasteiger partial charge in [-0.15, -0.1) is 11.3 Å². The highest BCUT2D eigenvalue weighted by Crippen LogP contribution is 2.52. The number of benzene rings is 7. The van der Waals surface area contributed by atoms with Crippen LogP contribution in [0.15, 0.2) is 156 Å². The number of nitrogens with zero attached hydrogens (tertiary/aromatic N) is 3. The maximum atomic E-state index is 6.58. The third kappa shape index (κ3) is 4.57. The summed E-state index contributed by atoms with van der Waals surface area (Å²) < 4.78 is 9.10. The smallest absolute Gasteiger partial charge is 0.164 e. The lowest BCUT2D eigenvalue weighted by molar-refractivity contribution is 0.661. The lowest BCUT2D eigenvalue weighted by Crippen LogP contribution is -2.15. The Morgan fingerprint density at radius 3 is 1.70 bits per heavy atom. The number of thiophene rings is 1. The van der Waals surface area contributed by atoms with Gasteiger partial charge in [0.25, 0.3) is 0 Å². The summed E-state index contributed by atoms with van der Waals surface area (Å²) in [7, 11) is 0. The van der Waals surface area contributed by atoms with Crippen LogP contribution in [0.25, 0.3) is 98.5 Å². The Labute approximate surface area is 310 Å². The van der Waals surface area contributed by atoms with E-state index in [1.165, 1.54) is 53.6 Å². The van der Waals surface area contributed by atoms with Crippen LogP contribution in [0, 0.1) is 0 Å². The summed E-state index contributed by atoms with van der Waals surface area (Å²) in [5.41, 5.74) is 12.1. The van der Waals surface area contributed by atoms with E-state index in [1.807, 2.05) is 78.1 Å². The molecule has 7 aromatic carbocycles. The van der Waals surface area contributed by atoms with Crippen molar-refractivity contribution < 1.29 is 4.42 Å². The summed E-state index contributed by atoms with van der Waals surface area (Å²) in [6, 6.07) is 53.5. The second kappa shape index (κ2) is 11.3. The maximum absolute atomic E-state index is 6.58. The van der Waals surface area contributed by atoms with Crippen molar-refractivity contribution in [3.8, 4) is 56.4 Å². The van der Waals surface area contributed by atoms with Crippen molar-refractivity contribution in [2.24, 2.45) is 0 Å². The first kappa shape index (κ1) is 30.2. The second-order valence-electron chi connectivity index (χ2n) is 14.4. The van der Waals surface area contributed by atoms with Crippen molar-refractivity contribution in [1.82, 2.24) is 15.0 Å². The number of rotatable bonds is 4. The molecule has 11 rings (SSSR count). The zero-order valence-corrected chi connectivity index (χ0v) is 29.9. The van der Waals surface area contributed by atoms with E-state index in [-0.39, 0.29) is 5.41 Å². The van der Waals surface area contributed by atoms with Crippen LogP contribution in [0.4, 0.5) is 0 Å². The van der Waals surface area contributed by atoms with E-state index in [0.717, 1.165) is 38.6 Å². The van der Waals surface area contributed by atoms with Crippen LogP contribution >= 0.6 is 11.3 Å². The van der Waals surface area contributed by atoms with Crippen molar-refractivity contribution in [3.05, 3.63) is 163 Å². The van der Waals surface area contributed by atoms with E-state index in [1.54, 1.807) is 0 Å². The SMILES string of the molecule is CC1(C)c2cc(-c3nc(-c4ccccc4)nc(-c4ccccc4)n3)ccc2-c2ccc(-c3cc4c5ccccc5oc4c4c3sc3ccccc34)cc21. The lowest BCUT2D eigenvalue weighted by atomic mass is 9.81. The third-order valence-corrected chi connectivity index (χ3v) is 12.1. The van der Waals surface area contributed by atoms with Gasteiger partial charge in [-0.3, -0.25) is 0 Å². The highest BCUT2D eigenvalue weighted by atomic mass is 32.1. The van der Waals surface area contributed by atoms with Crippen LogP contribution < -0.4 is 0 Å². The Kier molecular flexibility index (Phi) is 6.43. The van der Waals surface area contributed by atoms with Gasteiger partial charge >= 0.3 is 0 Å². The Balaban J connectivity index is 1.07. The molecule has 0 aliphatic heterocycles. The predicted octanol–water partition coefficient (Wildman–Crippen LogP) is 13.1. The van der Waals surface area contributed by atoms with Gasteiger partial charge in [-0.1, -0.05) is 135 Å². The molecule has 1 aliphatic carbocycles. The normalized spacial score (nSPS) is 13.2. The van der Waals surface area contributed by atoms with Gasteiger partial charge in [0.2, 0.25) is 0 Å². The first-order chi connectivity index (χ1) is 26.0. The first-order valence-corrected chi connectivity index (χ1v) is 18.8. The molecule has 0 N–H and O–H groups in total. The number of furan rings is 1. The zero-order valence-electron chi connectivity index (χ0n) is 29.1. The van der Waals surface area contributed by atoms with Gasteiger partial charge in [-0.05, 0) is 58.1 Å². The number of aromatic nitrogens is 3. The zero-order chi connectivity index (χ0) is 35.3. The molecule has 250 valence electrons. The highest BCUT2D eigenvalue weighted by Gasteiger charge is 2.36. The summed E-state index contributed by atoms with van der Waals surface area (Å²) in [6.07, 6.45) is 0. The van der Waals surface area contributed by atoms with Gasteiger partial charge in [0.15, 0.2) is 17.5 Å². The van der Waals surface area contributed by atoms with Gasteiger partial charge in [-0.25, -0.2) is 15.0 Å². The minimum Gasteiger partial charge on any atom is -0.455 e. The van der Waals surface area contributed by atoms with Crippen molar-refractivity contribution in [2.75, 3.05) is 0 Å². The van der Waals surface area contributed by atoms with Crippen LogP contribution in [0.5, 0.6) is 0 Å². The standard InChI is InChI=1S/C48H31N3OS/c1-48(2)38-25-30(36-27-37-34-17-9-11-19-40(34)52-43(37)42-35-18-10-12-20-41(35)53-44(36)42)21-23-32(38)33-24-22-31(26-39(33)48)47-50-45(28-13-5-3-6-14-28)49-46(51-47)29-15-7-4-8-16-29/h3-27H,1-2H3. The Hall–Kier alpha value is -6.43. The molecule has 1 aliphatic rings. The molecule has 5 heteroatoms. The summed E-state index contributed by atoms with van der Waals surface area (Å²) in [6.45, 7) is 4.68.